The van der Waals surface area contributed by atoms with Gasteiger partial charge >= 0.3 is 0 Å². The van der Waals surface area contributed by atoms with E-state index in [-0.39, 0.29) is 11.2 Å². The topological polar surface area (TPSA) is 60.3 Å². The van der Waals surface area contributed by atoms with Gasteiger partial charge in [-0.15, -0.1) is 0 Å². The van der Waals surface area contributed by atoms with Crippen molar-refractivity contribution in [1.29, 1.82) is 0 Å². The molecule has 2 aliphatic rings. The number of ketones is 1. The third-order valence-corrected chi connectivity index (χ3v) is 8.18. The van der Waals surface area contributed by atoms with Gasteiger partial charge in [0, 0.05) is 43.4 Å². The number of hydrogen-bond donors (Lipinski definition) is 0. The van der Waals surface area contributed by atoms with Gasteiger partial charge in [0.05, 0.1) is 36.4 Å². The molecule has 0 spiro atoms. The Morgan fingerprint density at radius 1 is 0.973 bits per heavy atom. The number of ether oxygens (including phenoxy) is 1. The number of hydrogen-bond acceptors (Lipinski definition) is 5. The molecular weight excluding hydrogens is 460 g/mol. The lowest BCUT2D eigenvalue weighted by atomic mass is 9.83. The second kappa shape index (κ2) is 10.9. The number of carbonyl (C=O) groups is 1. The molecule has 1 saturated carbocycles. The van der Waals surface area contributed by atoms with Crippen LogP contribution in [0.1, 0.15) is 85.2 Å². The first-order chi connectivity index (χ1) is 17.8. The molecule has 0 amide bonds. The highest BCUT2D eigenvalue weighted by Gasteiger charge is 2.28. The summed E-state index contributed by atoms with van der Waals surface area (Å²) in [7, 11) is 0. The van der Waals surface area contributed by atoms with Crippen molar-refractivity contribution in [3.05, 3.63) is 76.9 Å². The third kappa shape index (κ3) is 5.86. The Bertz CT molecular complexity index is 1190. The Morgan fingerprint density at radius 2 is 1.68 bits per heavy atom. The molecule has 0 atom stereocenters. The lowest BCUT2D eigenvalue weighted by molar-refractivity contribution is 0.00721. The summed E-state index contributed by atoms with van der Waals surface area (Å²) < 4.78 is 7.36. The van der Waals surface area contributed by atoms with Crippen LogP contribution in [0.5, 0.6) is 0 Å². The SMILES string of the molecule is Cc1c(C(=O)Cc2ccc(C3CCC(N4CCOCC4)CC3)nc2)cnn1-c1ccc(C(C)(C)C)cc1. The first kappa shape index (κ1) is 25.8. The van der Waals surface area contributed by atoms with E-state index in [0.717, 1.165) is 43.2 Å². The molecule has 3 heterocycles. The van der Waals surface area contributed by atoms with E-state index in [1.807, 2.05) is 17.8 Å². The minimum atomic E-state index is 0.0793. The number of carbonyl (C=O) groups excluding carboxylic acids is 1. The molecule has 1 saturated heterocycles. The standard InChI is InChI=1S/C31H40N4O2/c1-22-28(21-33-35(22)27-12-8-25(9-13-27)31(2,3)4)30(36)19-23-5-14-29(32-20-23)24-6-10-26(11-7-24)34-15-17-37-18-16-34/h5,8-9,12-14,20-21,24,26H,6-7,10-11,15-19H2,1-4H3. The van der Waals surface area contributed by atoms with Crippen LogP contribution in [0.3, 0.4) is 0 Å². The minimum absolute atomic E-state index is 0.0793. The average Bonchev–Trinajstić information content (AvgIpc) is 3.30. The van der Waals surface area contributed by atoms with Gasteiger partial charge in [0.25, 0.3) is 0 Å². The van der Waals surface area contributed by atoms with E-state index < -0.39 is 0 Å². The van der Waals surface area contributed by atoms with Crippen LogP contribution < -0.4 is 0 Å². The molecule has 1 aromatic carbocycles. The Kier molecular flexibility index (Phi) is 7.59. The van der Waals surface area contributed by atoms with Crippen LogP contribution in [0, 0.1) is 6.92 Å². The molecule has 2 aromatic heterocycles. The van der Waals surface area contributed by atoms with Crippen molar-refractivity contribution in [3.63, 3.8) is 0 Å². The van der Waals surface area contributed by atoms with Crippen LogP contribution in [0.4, 0.5) is 0 Å². The van der Waals surface area contributed by atoms with Crippen LogP contribution >= 0.6 is 0 Å². The van der Waals surface area contributed by atoms with Gasteiger partial charge in [0.1, 0.15) is 0 Å². The predicted octanol–water partition coefficient (Wildman–Crippen LogP) is 5.66. The molecule has 0 radical (unpaired) electrons. The van der Waals surface area contributed by atoms with Crippen LogP contribution in [0.25, 0.3) is 5.69 Å². The highest BCUT2D eigenvalue weighted by molar-refractivity contribution is 5.98. The highest BCUT2D eigenvalue weighted by Crippen LogP contribution is 2.34. The van der Waals surface area contributed by atoms with Crippen molar-refractivity contribution in [1.82, 2.24) is 19.7 Å². The maximum Gasteiger partial charge on any atom is 0.170 e. The molecular formula is C31H40N4O2. The summed E-state index contributed by atoms with van der Waals surface area (Å²) in [4.78, 5) is 20.5. The molecule has 5 rings (SSSR count). The summed E-state index contributed by atoms with van der Waals surface area (Å²) in [5, 5.41) is 4.53. The van der Waals surface area contributed by atoms with Gasteiger partial charge in [-0.05, 0) is 67.3 Å². The predicted molar refractivity (Wildman–Crippen MR) is 147 cm³/mol. The molecule has 0 bridgehead atoms. The fourth-order valence-electron chi connectivity index (χ4n) is 5.79. The zero-order valence-corrected chi connectivity index (χ0v) is 22.7. The van der Waals surface area contributed by atoms with Gasteiger partial charge in [-0.3, -0.25) is 14.7 Å². The highest BCUT2D eigenvalue weighted by atomic mass is 16.5. The summed E-state index contributed by atoms with van der Waals surface area (Å²) in [6, 6.07) is 13.3. The molecule has 0 N–H and O–H groups in total. The van der Waals surface area contributed by atoms with Crippen molar-refractivity contribution >= 4 is 5.78 Å². The Hall–Kier alpha value is -2.83. The third-order valence-electron chi connectivity index (χ3n) is 8.18. The fraction of sp³-hybridized carbons (Fsp3) is 0.516. The second-order valence-corrected chi connectivity index (χ2v) is 11.7. The van der Waals surface area contributed by atoms with Gasteiger partial charge in [-0.1, -0.05) is 39.0 Å². The number of morpholine rings is 1. The van der Waals surface area contributed by atoms with E-state index in [2.05, 4.69) is 67.2 Å². The molecule has 1 aliphatic carbocycles. The smallest absolute Gasteiger partial charge is 0.170 e. The number of nitrogens with zero attached hydrogens (tertiary/aromatic N) is 4. The van der Waals surface area contributed by atoms with Gasteiger partial charge in [-0.2, -0.15) is 5.10 Å². The quantitative estimate of drug-likeness (QED) is 0.409. The van der Waals surface area contributed by atoms with Crippen LogP contribution in [-0.2, 0) is 16.6 Å². The van der Waals surface area contributed by atoms with Crippen LogP contribution in [0.15, 0.2) is 48.8 Å². The largest absolute Gasteiger partial charge is 0.379 e. The molecule has 0 unspecified atom stereocenters. The zero-order valence-electron chi connectivity index (χ0n) is 22.7. The van der Waals surface area contributed by atoms with E-state index in [1.54, 1.807) is 6.20 Å². The zero-order chi connectivity index (χ0) is 26.0. The van der Waals surface area contributed by atoms with Gasteiger partial charge in [0.15, 0.2) is 5.78 Å². The number of pyridine rings is 1. The molecule has 6 heteroatoms. The van der Waals surface area contributed by atoms with E-state index in [4.69, 9.17) is 9.72 Å². The summed E-state index contributed by atoms with van der Waals surface area (Å²) in [6.45, 7) is 12.4. The fourth-order valence-corrected chi connectivity index (χ4v) is 5.79. The summed E-state index contributed by atoms with van der Waals surface area (Å²) in [5.41, 5.74) is 6.01. The molecule has 1 aliphatic heterocycles. The molecule has 6 nitrogen and oxygen atoms in total. The van der Waals surface area contributed by atoms with E-state index in [0.29, 0.717) is 23.9 Å². The molecule has 3 aromatic rings. The van der Waals surface area contributed by atoms with Crippen molar-refractivity contribution in [2.24, 2.45) is 0 Å². The summed E-state index contributed by atoms with van der Waals surface area (Å²) in [5.74, 6) is 0.600. The molecule has 2 fully saturated rings. The van der Waals surface area contributed by atoms with Gasteiger partial charge in [-0.25, -0.2) is 4.68 Å². The minimum Gasteiger partial charge on any atom is -0.379 e. The first-order valence-corrected chi connectivity index (χ1v) is 13.7. The normalized spacial score (nSPS) is 21.2. The number of Topliss-reactive ketones (excluding diaryl/α,β-unsaturated/α-hetero) is 1. The maximum absolute atomic E-state index is 13.1. The van der Waals surface area contributed by atoms with Crippen molar-refractivity contribution in [2.45, 2.75) is 77.2 Å². The molecule has 196 valence electrons. The van der Waals surface area contributed by atoms with Crippen molar-refractivity contribution in [3.8, 4) is 5.69 Å². The number of aromatic nitrogens is 3. The van der Waals surface area contributed by atoms with Crippen LogP contribution in [-0.4, -0.2) is 57.8 Å². The monoisotopic (exact) mass is 500 g/mol. The lowest BCUT2D eigenvalue weighted by Crippen LogP contribution is -2.44. The van der Waals surface area contributed by atoms with Crippen molar-refractivity contribution in [2.75, 3.05) is 26.3 Å². The maximum atomic E-state index is 13.1. The number of rotatable bonds is 6. The van der Waals surface area contributed by atoms with E-state index in [1.165, 1.54) is 36.9 Å². The first-order valence-electron chi connectivity index (χ1n) is 13.7. The van der Waals surface area contributed by atoms with Crippen molar-refractivity contribution < 1.29 is 9.53 Å². The van der Waals surface area contributed by atoms with E-state index >= 15 is 0 Å². The average molecular weight is 501 g/mol. The van der Waals surface area contributed by atoms with Gasteiger partial charge < -0.3 is 4.74 Å². The molecule has 37 heavy (non-hydrogen) atoms. The summed E-state index contributed by atoms with van der Waals surface area (Å²) >= 11 is 0. The van der Waals surface area contributed by atoms with E-state index in [9.17, 15) is 4.79 Å². The van der Waals surface area contributed by atoms with Crippen LogP contribution in [0.2, 0.25) is 0 Å². The Morgan fingerprint density at radius 3 is 2.30 bits per heavy atom. The second-order valence-electron chi connectivity index (χ2n) is 11.7. The Labute approximate surface area is 221 Å². The lowest BCUT2D eigenvalue weighted by Gasteiger charge is -2.38. The summed E-state index contributed by atoms with van der Waals surface area (Å²) in [6.07, 6.45) is 8.76. The number of benzene rings is 1. The van der Waals surface area contributed by atoms with Gasteiger partial charge in [0.2, 0.25) is 0 Å². The Balaban J connectivity index is 1.19.